The highest BCUT2D eigenvalue weighted by Crippen LogP contribution is 2.48. The maximum Gasteiger partial charge on any atom is 0.0468 e. The molecule has 0 bridgehead atoms. The highest BCUT2D eigenvalue weighted by molar-refractivity contribution is 5.90. The van der Waals surface area contributed by atoms with Crippen LogP contribution in [0.5, 0.6) is 0 Å². The fourth-order valence-electron chi connectivity index (χ4n) is 8.77. The second kappa shape index (κ2) is 14.8. The van der Waals surface area contributed by atoms with Gasteiger partial charge in [0.25, 0.3) is 0 Å². The molecule has 286 valence electrons. The van der Waals surface area contributed by atoms with Gasteiger partial charge in [-0.3, -0.25) is 0 Å². The molecular formula is C56H52N2. The third-order valence-corrected chi connectivity index (χ3v) is 12.5. The lowest BCUT2D eigenvalue weighted by atomic mass is 9.63. The van der Waals surface area contributed by atoms with Crippen LogP contribution in [0, 0.1) is 13.8 Å². The van der Waals surface area contributed by atoms with Gasteiger partial charge < -0.3 is 9.80 Å². The second-order valence-corrected chi connectivity index (χ2v) is 17.5. The Hall–Kier alpha value is -6.38. The third kappa shape index (κ3) is 7.20. The number of rotatable bonds is 8. The molecule has 0 heterocycles. The van der Waals surface area contributed by atoms with Crippen molar-refractivity contribution in [3.8, 4) is 22.3 Å². The smallest absolute Gasteiger partial charge is 0.0468 e. The summed E-state index contributed by atoms with van der Waals surface area (Å²) in [5.74, 6) is 0. The van der Waals surface area contributed by atoms with E-state index in [1.165, 1.54) is 73.8 Å². The summed E-state index contributed by atoms with van der Waals surface area (Å²) in [7, 11) is 0. The zero-order chi connectivity index (χ0) is 40.0. The largest absolute Gasteiger partial charge is 0.311 e. The molecule has 2 heteroatoms. The van der Waals surface area contributed by atoms with Crippen molar-refractivity contribution < 1.29 is 0 Å². The third-order valence-electron chi connectivity index (χ3n) is 12.5. The lowest BCUT2D eigenvalue weighted by Gasteiger charge is -2.42. The molecule has 1 aliphatic rings. The van der Waals surface area contributed by atoms with E-state index in [0.29, 0.717) is 0 Å². The Morgan fingerprint density at radius 1 is 0.328 bits per heavy atom. The fourth-order valence-corrected chi connectivity index (χ4v) is 8.77. The number of hydrogen-bond acceptors (Lipinski definition) is 2. The topological polar surface area (TPSA) is 6.48 Å². The lowest BCUT2D eigenvalue weighted by Crippen LogP contribution is -2.34. The number of benzene rings is 8. The van der Waals surface area contributed by atoms with Crippen LogP contribution in [0.25, 0.3) is 33.0 Å². The van der Waals surface area contributed by atoms with E-state index in [-0.39, 0.29) is 10.8 Å². The van der Waals surface area contributed by atoms with Crippen LogP contribution in [0.4, 0.5) is 34.1 Å². The summed E-state index contributed by atoms with van der Waals surface area (Å²) in [5, 5.41) is 2.49. The molecule has 0 unspecified atom stereocenters. The quantitative estimate of drug-likeness (QED) is 0.152. The first-order valence-corrected chi connectivity index (χ1v) is 20.7. The number of hydrogen-bond donors (Lipinski definition) is 0. The molecule has 0 amide bonds. The van der Waals surface area contributed by atoms with E-state index >= 15 is 0 Å². The van der Waals surface area contributed by atoms with Crippen molar-refractivity contribution in [3.05, 3.63) is 204 Å². The van der Waals surface area contributed by atoms with E-state index in [4.69, 9.17) is 0 Å². The Labute approximate surface area is 345 Å². The van der Waals surface area contributed by atoms with Crippen LogP contribution in [0.3, 0.4) is 0 Å². The highest BCUT2D eigenvalue weighted by atomic mass is 15.1. The molecule has 0 spiro atoms. The number of fused-ring (bicyclic) bond motifs is 2. The molecular weight excluding hydrogens is 701 g/mol. The highest BCUT2D eigenvalue weighted by Gasteiger charge is 2.37. The fraction of sp³-hybridized carbons (Fsp3) is 0.179. The second-order valence-electron chi connectivity index (χ2n) is 17.5. The summed E-state index contributed by atoms with van der Waals surface area (Å²) in [5.41, 5.74) is 17.5. The molecule has 0 aromatic heterocycles. The minimum absolute atomic E-state index is 0.122. The Balaban J connectivity index is 1.01. The van der Waals surface area contributed by atoms with E-state index in [1.54, 1.807) is 0 Å². The van der Waals surface area contributed by atoms with Gasteiger partial charge in [0.15, 0.2) is 0 Å². The van der Waals surface area contributed by atoms with Gasteiger partial charge in [-0.2, -0.15) is 0 Å². The monoisotopic (exact) mass is 752 g/mol. The van der Waals surface area contributed by atoms with Crippen LogP contribution in [0.1, 0.15) is 62.8 Å². The van der Waals surface area contributed by atoms with Crippen molar-refractivity contribution in [3.63, 3.8) is 0 Å². The summed E-state index contributed by atoms with van der Waals surface area (Å²) in [6.45, 7) is 13.9. The minimum Gasteiger partial charge on any atom is -0.311 e. The van der Waals surface area contributed by atoms with E-state index < -0.39 is 0 Å². The van der Waals surface area contributed by atoms with Crippen molar-refractivity contribution >= 4 is 44.9 Å². The first kappa shape index (κ1) is 37.2. The van der Waals surface area contributed by atoms with Gasteiger partial charge in [0.2, 0.25) is 0 Å². The van der Waals surface area contributed by atoms with Crippen LogP contribution in [-0.4, -0.2) is 0 Å². The molecule has 0 N–H and O–H groups in total. The molecule has 58 heavy (non-hydrogen) atoms. The van der Waals surface area contributed by atoms with E-state index in [0.717, 1.165) is 28.4 Å². The summed E-state index contributed by atoms with van der Waals surface area (Å²) >= 11 is 0. The van der Waals surface area contributed by atoms with Crippen molar-refractivity contribution in [2.45, 2.75) is 65.2 Å². The molecule has 0 saturated carbocycles. The summed E-state index contributed by atoms with van der Waals surface area (Å²) in [6, 6.07) is 67.2. The zero-order valence-corrected chi connectivity index (χ0v) is 34.6. The van der Waals surface area contributed by atoms with E-state index in [9.17, 15) is 0 Å². The van der Waals surface area contributed by atoms with Crippen LogP contribution in [0.2, 0.25) is 0 Å². The van der Waals surface area contributed by atoms with Crippen molar-refractivity contribution in [1.29, 1.82) is 0 Å². The van der Waals surface area contributed by atoms with Crippen LogP contribution >= 0.6 is 0 Å². The average Bonchev–Trinajstić information content (AvgIpc) is 3.25. The van der Waals surface area contributed by atoms with Crippen molar-refractivity contribution in [1.82, 2.24) is 0 Å². The van der Waals surface area contributed by atoms with Gasteiger partial charge >= 0.3 is 0 Å². The van der Waals surface area contributed by atoms with E-state index in [2.05, 4.69) is 233 Å². The van der Waals surface area contributed by atoms with Gasteiger partial charge in [0, 0.05) is 34.1 Å². The Morgan fingerprint density at radius 2 is 0.672 bits per heavy atom. The Bertz CT molecular complexity index is 2660. The Morgan fingerprint density at radius 3 is 1.16 bits per heavy atom. The van der Waals surface area contributed by atoms with Gasteiger partial charge in [0.1, 0.15) is 0 Å². The number of anilines is 6. The molecule has 0 fully saturated rings. The van der Waals surface area contributed by atoms with E-state index in [1.807, 2.05) is 0 Å². The minimum atomic E-state index is 0.122. The van der Waals surface area contributed by atoms with Crippen molar-refractivity contribution in [2.75, 3.05) is 9.80 Å². The molecule has 1 aliphatic carbocycles. The summed E-state index contributed by atoms with van der Waals surface area (Å²) in [6.07, 6.45) is 2.39. The first-order valence-electron chi connectivity index (χ1n) is 20.7. The first-order chi connectivity index (χ1) is 28.0. The summed E-state index contributed by atoms with van der Waals surface area (Å²) < 4.78 is 0. The van der Waals surface area contributed by atoms with Crippen LogP contribution < -0.4 is 9.80 Å². The molecule has 0 aliphatic heterocycles. The molecule has 8 aromatic rings. The Kier molecular flexibility index (Phi) is 9.53. The van der Waals surface area contributed by atoms with Gasteiger partial charge in [0.05, 0.1) is 0 Å². The SMILES string of the molecule is Cc1ccc(N(c2ccc(C)cc2)c2ccc(-c3ccc(-c4ccc(N(c5ccc6c(c5)C(C)(C)CCC6(C)C)c5ccc6ccccc6c5)cc4)cc3)cc2)cc1. The molecule has 8 aromatic carbocycles. The van der Waals surface area contributed by atoms with Gasteiger partial charge in [-0.1, -0.05) is 148 Å². The predicted octanol–water partition coefficient (Wildman–Crippen LogP) is 16.1. The average molecular weight is 753 g/mol. The normalized spacial score (nSPS) is 14.2. The number of aryl methyl sites for hydroxylation is 2. The molecule has 2 nitrogen and oxygen atoms in total. The van der Waals surface area contributed by atoms with Crippen LogP contribution in [0.15, 0.2) is 182 Å². The van der Waals surface area contributed by atoms with Gasteiger partial charge in [-0.05, 0) is 154 Å². The summed E-state index contributed by atoms with van der Waals surface area (Å²) in [4.78, 5) is 4.75. The lowest BCUT2D eigenvalue weighted by molar-refractivity contribution is 0.332. The molecule has 0 radical (unpaired) electrons. The standard InChI is InChI=1S/C56H52N2/c1-39-11-24-47(25-12-39)57(48-26-13-40(2)14-27-48)49-28-19-44(20-29-49)42-15-17-43(18-16-42)45-21-30-50(31-22-45)58(51-32-23-41-9-7-8-10-46(41)37-51)52-33-34-53-54(38-52)56(5,6)36-35-55(53,3)4/h7-34,37-38H,35-36H2,1-6H3. The molecule has 9 rings (SSSR count). The molecule has 0 saturated heterocycles. The maximum atomic E-state index is 2.47. The maximum absolute atomic E-state index is 2.47. The number of nitrogens with zero attached hydrogens (tertiary/aromatic N) is 2. The predicted molar refractivity (Wildman–Crippen MR) is 249 cm³/mol. The van der Waals surface area contributed by atoms with Crippen molar-refractivity contribution in [2.24, 2.45) is 0 Å². The zero-order valence-electron chi connectivity index (χ0n) is 34.6. The van der Waals surface area contributed by atoms with Gasteiger partial charge in [-0.25, -0.2) is 0 Å². The van der Waals surface area contributed by atoms with Crippen LogP contribution in [-0.2, 0) is 10.8 Å². The van der Waals surface area contributed by atoms with Gasteiger partial charge in [-0.15, -0.1) is 0 Å². The molecule has 0 atom stereocenters.